The third-order valence-electron chi connectivity index (χ3n) is 4.83. The maximum Gasteiger partial charge on any atom is 0.416 e. The second-order valence-corrected chi connectivity index (χ2v) is 7.53. The van der Waals surface area contributed by atoms with E-state index in [0.29, 0.717) is 47.7 Å². The van der Waals surface area contributed by atoms with E-state index in [-0.39, 0.29) is 0 Å². The van der Waals surface area contributed by atoms with Gasteiger partial charge in [-0.2, -0.15) is 18.2 Å². The predicted octanol–water partition coefficient (Wildman–Crippen LogP) is 6.52. The van der Waals surface area contributed by atoms with Crippen molar-refractivity contribution in [3.05, 3.63) is 83.1 Å². The van der Waals surface area contributed by atoms with Crippen LogP contribution in [0.4, 0.5) is 13.2 Å². The summed E-state index contributed by atoms with van der Waals surface area (Å²) in [5.41, 5.74) is 0.849. The molecule has 0 saturated heterocycles. The topological polar surface area (TPSA) is 53.1 Å². The fraction of sp³-hybridized carbons (Fsp3) is 0.217. The molecule has 0 bridgehead atoms. The first-order valence-corrected chi connectivity index (χ1v) is 10.2. The molecule has 4 rings (SSSR count). The van der Waals surface area contributed by atoms with Gasteiger partial charge in [-0.1, -0.05) is 23.7 Å². The molecule has 0 amide bonds. The lowest BCUT2D eigenvalue weighted by atomic mass is 10.1. The Labute approximate surface area is 187 Å². The van der Waals surface area contributed by atoms with E-state index in [4.69, 9.17) is 20.8 Å². The monoisotopic (exact) mass is 461 g/mol. The molecule has 2 heterocycles. The van der Waals surface area contributed by atoms with Crippen LogP contribution >= 0.6 is 11.6 Å². The van der Waals surface area contributed by atoms with Crippen LogP contribution in [0.15, 0.2) is 65.3 Å². The predicted molar refractivity (Wildman–Crippen MR) is 114 cm³/mol. The van der Waals surface area contributed by atoms with Crippen molar-refractivity contribution in [2.75, 3.05) is 6.61 Å². The minimum Gasteiger partial charge on any atom is -0.494 e. The molecule has 0 atom stereocenters. The number of imidazole rings is 1. The Morgan fingerprint density at radius 1 is 1.06 bits per heavy atom. The molecule has 0 aliphatic rings. The summed E-state index contributed by atoms with van der Waals surface area (Å²) in [5.74, 6) is 1.79. The van der Waals surface area contributed by atoms with E-state index >= 15 is 0 Å². The van der Waals surface area contributed by atoms with Crippen LogP contribution in [-0.4, -0.2) is 21.1 Å². The van der Waals surface area contributed by atoms with Crippen LogP contribution in [0.5, 0.6) is 5.75 Å². The second-order valence-electron chi connectivity index (χ2n) is 7.09. The molecule has 0 radical (unpaired) electrons. The molecular weight excluding hydrogens is 443 g/mol. The van der Waals surface area contributed by atoms with Crippen LogP contribution in [-0.2, 0) is 12.6 Å². The van der Waals surface area contributed by atoms with Crippen molar-refractivity contribution >= 4 is 11.6 Å². The lowest BCUT2D eigenvalue weighted by Crippen LogP contribution is -2.05. The van der Waals surface area contributed by atoms with Crippen LogP contribution in [0.3, 0.4) is 0 Å². The first-order chi connectivity index (χ1) is 15.3. The summed E-state index contributed by atoms with van der Waals surface area (Å²) in [4.78, 5) is 8.85. The maximum absolute atomic E-state index is 12.7. The van der Waals surface area contributed by atoms with Crippen LogP contribution < -0.4 is 4.74 Å². The van der Waals surface area contributed by atoms with E-state index < -0.39 is 11.7 Å². The Morgan fingerprint density at radius 2 is 1.78 bits per heavy atom. The van der Waals surface area contributed by atoms with E-state index in [0.717, 1.165) is 23.5 Å². The van der Waals surface area contributed by atoms with Gasteiger partial charge in [0.1, 0.15) is 23.0 Å². The SMILES string of the molecule is Cc1nccn1-c1nc(-c2ccc(Cl)cc2)c(CCCOc2ccc(C(F)(F)F)cc2)o1. The van der Waals surface area contributed by atoms with E-state index in [9.17, 15) is 13.2 Å². The van der Waals surface area contributed by atoms with Gasteiger partial charge < -0.3 is 9.15 Å². The Balaban J connectivity index is 1.47. The average Bonchev–Trinajstić information content (AvgIpc) is 3.37. The van der Waals surface area contributed by atoms with Gasteiger partial charge in [0.05, 0.1) is 12.2 Å². The summed E-state index contributed by atoms with van der Waals surface area (Å²) in [5, 5.41) is 0.620. The molecule has 32 heavy (non-hydrogen) atoms. The zero-order valence-electron chi connectivity index (χ0n) is 17.1. The number of oxazole rings is 1. The highest BCUT2D eigenvalue weighted by molar-refractivity contribution is 6.30. The molecule has 166 valence electrons. The lowest BCUT2D eigenvalue weighted by Gasteiger charge is -2.09. The number of alkyl halides is 3. The molecule has 5 nitrogen and oxygen atoms in total. The molecule has 0 spiro atoms. The van der Waals surface area contributed by atoms with E-state index in [2.05, 4.69) is 9.97 Å². The molecule has 2 aromatic heterocycles. The number of nitrogens with zero attached hydrogens (tertiary/aromatic N) is 3. The number of aryl methyl sites for hydroxylation is 2. The molecule has 0 saturated carbocycles. The summed E-state index contributed by atoms with van der Waals surface area (Å²) in [6, 6.07) is 12.3. The van der Waals surface area contributed by atoms with E-state index in [1.807, 2.05) is 19.1 Å². The third-order valence-corrected chi connectivity index (χ3v) is 5.09. The molecule has 9 heteroatoms. The zero-order chi connectivity index (χ0) is 22.7. The highest BCUT2D eigenvalue weighted by Gasteiger charge is 2.30. The number of ether oxygens (including phenoxy) is 1. The van der Waals surface area contributed by atoms with Gasteiger partial charge in [-0.3, -0.25) is 4.57 Å². The number of hydrogen-bond donors (Lipinski definition) is 0. The van der Waals surface area contributed by atoms with Crippen LogP contribution in [0.25, 0.3) is 17.3 Å². The van der Waals surface area contributed by atoms with Gasteiger partial charge >= 0.3 is 12.2 Å². The number of hydrogen-bond acceptors (Lipinski definition) is 4. The largest absolute Gasteiger partial charge is 0.494 e. The fourth-order valence-corrected chi connectivity index (χ4v) is 3.31. The van der Waals surface area contributed by atoms with Gasteiger partial charge in [-0.25, -0.2) is 4.98 Å². The first-order valence-electron chi connectivity index (χ1n) is 9.87. The Bertz CT molecular complexity index is 1180. The van der Waals surface area contributed by atoms with Crippen molar-refractivity contribution in [3.63, 3.8) is 0 Å². The molecule has 0 aliphatic carbocycles. The number of aromatic nitrogens is 3. The molecule has 4 aromatic rings. The summed E-state index contributed by atoms with van der Waals surface area (Å²) < 4.78 is 51.4. The first kappa shape index (κ1) is 22.0. The summed E-state index contributed by atoms with van der Waals surface area (Å²) in [7, 11) is 0. The molecule has 0 fully saturated rings. The minimum absolute atomic E-state index is 0.311. The summed E-state index contributed by atoms with van der Waals surface area (Å²) >= 11 is 6.01. The van der Waals surface area contributed by atoms with E-state index in [1.165, 1.54) is 12.1 Å². The quantitative estimate of drug-likeness (QED) is 0.294. The molecule has 2 aromatic carbocycles. The van der Waals surface area contributed by atoms with Crippen LogP contribution in [0.2, 0.25) is 5.02 Å². The van der Waals surface area contributed by atoms with Crippen molar-refractivity contribution in [1.29, 1.82) is 0 Å². The maximum atomic E-state index is 12.7. The highest BCUT2D eigenvalue weighted by Crippen LogP contribution is 2.31. The van der Waals surface area contributed by atoms with Crippen molar-refractivity contribution in [3.8, 4) is 23.0 Å². The molecule has 0 aliphatic heterocycles. The van der Waals surface area contributed by atoms with Gasteiger partial charge in [-0.05, 0) is 49.7 Å². The minimum atomic E-state index is -4.37. The van der Waals surface area contributed by atoms with Crippen molar-refractivity contribution < 1.29 is 22.3 Å². The Morgan fingerprint density at radius 3 is 2.41 bits per heavy atom. The number of benzene rings is 2. The van der Waals surface area contributed by atoms with Crippen LogP contribution in [0.1, 0.15) is 23.6 Å². The van der Waals surface area contributed by atoms with Gasteiger partial charge in [0, 0.05) is 29.4 Å². The third kappa shape index (κ3) is 4.96. The second kappa shape index (κ2) is 9.08. The van der Waals surface area contributed by atoms with Gasteiger partial charge in [0.15, 0.2) is 0 Å². The summed E-state index contributed by atoms with van der Waals surface area (Å²) in [6.45, 7) is 2.16. The van der Waals surface area contributed by atoms with Crippen molar-refractivity contribution in [2.45, 2.75) is 25.9 Å². The zero-order valence-corrected chi connectivity index (χ0v) is 17.8. The van der Waals surface area contributed by atoms with E-state index in [1.54, 1.807) is 29.1 Å². The Kier molecular flexibility index (Phi) is 6.23. The smallest absolute Gasteiger partial charge is 0.416 e. The highest BCUT2D eigenvalue weighted by atomic mass is 35.5. The fourth-order valence-electron chi connectivity index (χ4n) is 3.19. The number of rotatable bonds is 7. The molecule has 0 N–H and O–H groups in total. The van der Waals surface area contributed by atoms with Crippen molar-refractivity contribution in [1.82, 2.24) is 14.5 Å². The molecule has 0 unspecified atom stereocenters. The van der Waals surface area contributed by atoms with Gasteiger partial charge in [-0.15, -0.1) is 0 Å². The summed E-state index contributed by atoms with van der Waals surface area (Å²) in [6.07, 6.45) is 0.177. The average molecular weight is 462 g/mol. The van der Waals surface area contributed by atoms with Crippen molar-refractivity contribution in [2.24, 2.45) is 0 Å². The standard InChI is InChI=1S/C23H19ClF3N3O2/c1-15-28-12-13-30(15)22-29-21(16-4-8-18(24)9-5-16)20(32-22)3-2-14-31-19-10-6-17(7-11-19)23(25,26)27/h4-13H,2-3,14H2,1H3. The molecular formula is C23H19ClF3N3O2. The van der Waals surface area contributed by atoms with Crippen LogP contribution in [0, 0.1) is 6.92 Å². The number of halogens is 4. The van der Waals surface area contributed by atoms with Gasteiger partial charge in [0.2, 0.25) is 0 Å². The Hall–Kier alpha value is -3.26. The van der Waals surface area contributed by atoms with Gasteiger partial charge in [0.25, 0.3) is 0 Å². The lowest BCUT2D eigenvalue weighted by molar-refractivity contribution is -0.137. The normalized spacial score (nSPS) is 11.7.